The molecule has 0 aromatic carbocycles. The SMILES string of the molecule is N#Cc1cc(NCc2ccc[nH]2)ncn1. The number of nitrogens with one attached hydrogen (secondary N) is 2. The largest absolute Gasteiger partial charge is 0.364 e. The van der Waals surface area contributed by atoms with E-state index in [-0.39, 0.29) is 0 Å². The van der Waals surface area contributed by atoms with Crippen LogP contribution in [0.25, 0.3) is 0 Å². The molecule has 5 nitrogen and oxygen atoms in total. The van der Waals surface area contributed by atoms with Crippen LogP contribution >= 0.6 is 0 Å². The molecule has 0 fully saturated rings. The van der Waals surface area contributed by atoms with Gasteiger partial charge in [-0.1, -0.05) is 0 Å². The second kappa shape index (κ2) is 4.24. The first-order valence-electron chi connectivity index (χ1n) is 4.47. The molecule has 0 amide bonds. The van der Waals surface area contributed by atoms with Crippen LogP contribution < -0.4 is 5.32 Å². The Morgan fingerprint density at radius 1 is 1.47 bits per heavy atom. The lowest BCUT2D eigenvalue weighted by atomic mass is 10.4. The highest BCUT2D eigenvalue weighted by molar-refractivity contribution is 5.38. The quantitative estimate of drug-likeness (QED) is 0.780. The highest BCUT2D eigenvalue weighted by Crippen LogP contribution is 2.04. The zero-order valence-electron chi connectivity index (χ0n) is 7.94. The van der Waals surface area contributed by atoms with Crippen LogP contribution in [0.4, 0.5) is 5.82 Å². The van der Waals surface area contributed by atoms with Crippen molar-refractivity contribution in [2.24, 2.45) is 0 Å². The molecular weight excluding hydrogens is 190 g/mol. The van der Waals surface area contributed by atoms with Crippen LogP contribution in [0.15, 0.2) is 30.7 Å². The van der Waals surface area contributed by atoms with Gasteiger partial charge in [0.2, 0.25) is 0 Å². The van der Waals surface area contributed by atoms with Gasteiger partial charge in [-0.25, -0.2) is 9.97 Å². The van der Waals surface area contributed by atoms with E-state index < -0.39 is 0 Å². The minimum Gasteiger partial charge on any atom is -0.364 e. The Morgan fingerprint density at radius 3 is 3.13 bits per heavy atom. The van der Waals surface area contributed by atoms with E-state index >= 15 is 0 Å². The van der Waals surface area contributed by atoms with Gasteiger partial charge in [-0.2, -0.15) is 5.26 Å². The van der Waals surface area contributed by atoms with Gasteiger partial charge in [-0.15, -0.1) is 0 Å². The molecule has 0 aliphatic carbocycles. The first kappa shape index (κ1) is 9.21. The zero-order chi connectivity index (χ0) is 10.5. The van der Waals surface area contributed by atoms with Gasteiger partial charge in [0.15, 0.2) is 0 Å². The summed E-state index contributed by atoms with van der Waals surface area (Å²) in [7, 11) is 0. The van der Waals surface area contributed by atoms with Crippen molar-refractivity contribution >= 4 is 5.82 Å². The lowest BCUT2D eigenvalue weighted by molar-refractivity contribution is 1.03. The molecule has 0 aliphatic heterocycles. The number of anilines is 1. The van der Waals surface area contributed by atoms with E-state index in [1.54, 1.807) is 6.07 Å². The van der Waals surface area contributed by atoms with Crippen molar-refractivity contribution in [1.29, 1.82) is 5.26 Å². The maximum atomic E-state index is 8.64. The van der Waals surface area contributed by atoms with E-state index in [2.05, 4.69) is 20.3 Å². The summed E-state index contributed by atoms with van der Waals surface area (Å²) in [6, 6.07) is 7.48. The van der Waals surface area contributed by atoms with Gasteiger partial charge >= 0.3 is 0 Å². The number of rotatable bonds is 3. The van der Waals surface area contributed by atoms with Gasteiger partial charge in [0.25, 0.3) is 0 Å². The molecule has 5 heteroatoms. The second-order valence-electron chi connectivity index (χ2n) is 2.95. The molecule has 15 heavy (non-hydrogen) atoms. The third kappa shape index (κ3) is 2.31. The van der Waals surface area contributed by atoms with Crippen LogP contribution in [0.3, 0.4) is 0 Å². The number of nitriles is 1. The molecule has 0 atom stereocenters. The summed E-state index contributed by atoms with van der Waals surface area (Å²) in [4.78, 5) is 10.8. The second-order valence-corrected chi connectivity index (χ2v) is 2.95. The maximum Gasteiger partial charge on any atom is 0.145 e. The smallest absolute Gasteiger partial charge is 0.145 e. The molecule has 0 aliphatic rings. The fourth-order valence-electron chi connectivity index (χ4n) is 1.18. The summed E-state index contributed by atoms with van der Waals surface area (Å²) in [6.45, 7) is 0.648. The zero-order valence-corrected chi connectivity index (χ0v) is 7.94. The number of hydrogen-bond acceptors (Lipinski definition) is 4. The monoisotopic (exact) mass is 199 g/mol. The van der Waals surface area contributed by atoms with Gasteiger partial charge in [-0.05, 0) is 12.1 Å². The first-order valence-corrected chi connectivity index (χ1v) is 4.47. The summed E-state index contributed by atoms with van der Waals surface area (Å²) in [6.07, 6.45) is 3.23. The van der Waals surface area contributed by atoms with Crippen molar-refractivity contribution in [2.75, 3.05) is 5.32 Å². The van der Waals surface area contributed by atoms with Crippen LogP contribution in [-0.4, -0.2) is 15.0 Å². The van der Waals surface area contributed by atoms with Gasteiger partial charge < -0.3 is 10.3 Å². The van der Waals surface area contributed by atoms with Crippen LogP contribution in [-0.2, 0) is 6.54 Å². The predicted octanol–water partition coefficient (Wildman–Crippen LogP) is 1.29. The van der Waals surface area contributed by atoms with E-state index in [0.29, 0.717) is 18.1 Å². The lowest BCUT2D eigenvalue weighted by Crippen LogP contribution is -2.02. The molecule has 2 aromatic rings. The Morgan fingerprint density at radius 2 is 2.40 bits per heavy atom. The van der Waals surface area contributed by atoms with E-state index in [9.17, 15) is 0 Å². The van der Waals surface area contributed by atoms with Crippen molar-refractivity contribution in [3.63, 3.8) is 0 Å². The molecule has 0 radical (unpaired) electrons. The Bertz CT molecular complexity index is 469. The van der Waals surface area contributed by atoms with Gasteiger partial charge in [0.1, 0.15) is 23.9 Å². The minimum absolute atomic E-state index is 0.360. The third-order valence-corrected chi connectivity index (χ3v) is 1.90. The van der Waals surface area contributed by atoms with Crippen LogP contribution in [0.2, 0.25) is 0 Å². The molecule has 0 unspecified atom stereocenters. The third-order valence-electron chi connectivity index (χ3n) is 1.90. The average Bonchev–Trinajstić information content (AvgIpc) is 2.79. The number of aromatic nitrogens is 3. The molecular formula is C10H9N5. The summed E-state index contributed by atoms with van der Waals surface area (Å²) in [5.41, 5.74) is 1.42. The minimum atomic E-state index is 0.360. The van der Waals surface area contributed by atoms with E-state index in [1.807, 2.05) is 24.4 Å². The standard InChI is InChI=1S/C10H9N5/c11-5-9-4-10(15-7-14-9)13-6-8-2-1-3-12-8/h1-4,7,12H,6H2,(H,13,14,15). The normalized spacial score (nSPS) is 9.53. The lowest BCUT2D eigenvalue weighted by Gasteiger charge is -2.02. The number of nitrogens with zero attached hydrogens (tertiary/aromatic N) is 3. The Kier molecular flexibility index (Phi) is 2.61. The maximum absolute atomic E-state index is 8.64. The van der Waals surface area contributed by atoms with Gasteiger partial charge in [0.05, 0.1) is 6.54 Å². The van der Waals surface area contributed by atoms with Crippen molar-refractivity contribution in [3.05, 3.63) is 42.1 Å². The van der Waals surface area contributed by atoms with Crippen LogP contribution in [0.5, 0.6) is 0 Å². The fourth-order valence-corrected chi connectivity index (χ4v) is 1.18. The Labute approximate surface area is 86.8 Å². The topological polar surface area (TPSA) is 77.4 Å². The molecule has 2 aromatic heterocycles. The van der Waals surface area contributed by atoms with E-state index in [0.717, 1.165) is 5.69 Å². The molecule has 2 heterocycles. The van der Waals surface area contributed by atoms with Crippen molar-refractivity contribution in [2.45, 2.75) is 6.54 Å². The number of H-pyrrole nitrogens is 1. The summed E-state index contributed by atoms with van der Waals surface area (Å²) >= 11 is 0. The van der Waals surface area contributed by atoms with Crippen molar-refractivity contribution in [1.82, 2.24) is 15.0 Å². The van der Waals surface area contributed by atoms with Gasteiger partial charge in [-0.3, -0.25) is 0 Å². The van der Waals surface area contributed by atoms with E-state index in [4.69, 9.17) is 5.26 Å². The molecule has 0 bridgehead atoms. The Balaban J connectivity index is 2.02. The Hall–Kier alpha value is -2.35. The summed E-state index contributed by atoms with van der Waals surface area (Å²) in [5.74, 6) is 0.649. The highest BCUT2D eigenvalue weighted by Gasteiger charge is 1.97. The molecule has 0 spiro atoms. The van der Waals surface area contributed by atoms with Crippen LogP contribution in [0.1, 0.15) is 11.4 Å². The van der Waals surface area contributed by atoms with Crippen LogP contribution in [0, 0.1) is 11.3 Å². The average molecular weight is 199 g/mol. The molecule has 0 saturated heterocycles. The molecule has 74 valence electrons. The fraction of sp³-hybridized carbons (Fsp3) is 0.100. The van der Waals surface area contributed by atoms with Crippen molar-refractivity contribution < 1.29 is 0 Å². The molecule has 2 rings (SSSR count). The predicted molar refractivity (Wildman–Crippen MR) is 54.9 cm³/mol. The summed E-state index contributed by atoms with van der Waals surface area (Å²) in [5, 5.41) is 11.7. The van der Waals surface area contributed by atoms with E-state index in [1.165, 1.54) is 6.33 Å². The highest BCUT2D eigenvalue weighted by atomic mass is 15.0. The number of hydrogen-bond donors (Lipinski definition) is 2. The molecule has 0 saturated carbocycles. The first-order chi connectivity index (χ1) is 7.38. The van der Waals surface area contributed by atoms with Crippen molar-refractivity contribution in [3.8, 4) is 6.07 Å². The number of aromatic amines is 1. The summed E-state index contributed by atoms with van der Waals surface area (Å²) < 4.78 is 0. The van der Waals surface area contributed by atoms with Gasteiger partial charge in [0, 0.05) is 18.0 Å². The molecule has 2 N–H and O–H groups in total.